The lowest BCUT2D eigenvalue weighted by molar-refractivity contribution is 0.0730. The van der Waals surface area contributed by atoms with Crippen LogP contribution in [-0.4, -0.2) is 59.2 Å². The lowest BCUT2D eigenvalue weighted by Gasteiger charge is -2.26. The van der Waals surface area contributed by atoms with Crippen molar-refractivity contribution >= 4 is 10.0 Å². The molecule has 6 nitrogen and oxygen atoms in total. The third kappa shape index (κ3) is 3.69. The van der Waals surface area contributed by atoms with Crippen LogP contribution >= 0.6 is 0 Å². The fourth-order valence-corrected chi connectivity index (χ4v) is 3.32. The molecular weight excluding hydrogens is 280 g/mol. The molecule has 0 unspecified atom stereocenters. The molecule has 0 radical (unpaired) electrons. The molecule has 1 heterocycles. The molecule has 1 aromatic rings. The maximum atomic E-state index is 12.4. The van der Waals surface area contributed by atoms with Crippen molar-refractivity contribution < 1.29 is 17.9 Å². The minimum absolute atomic E-state index is 0.292. The Morgan fingerprint density at radius 3 is 2.50 bits per heavy atom. The quantitative estimate of drug-likeness (QED) is 0.766. The van der Waals surface area contributed by atoms with Gasteiger partial charge in [-0.15, -0.1) is 0 Å². The molecule has 1 aliphatic rings. The molecule has 1 N–H and O–H groups in total. The summed E-state index contributed by atoms with van der Waals surface area (Å²) >= 11 is 0. The SMILES string of the molecule is CNCCOc1ccc(S(=O)(=O)N2CCOCC2)cc1. The number of benzene rings is 1. The molecule has 0 aromatic heterocycles. The summed E-state index contributed by atoms with van der Waals surface area (Å²) in [7, 11) is -1.57. The van der Waals surface area contributed by atoms with E-state index in [2.05, 4.69) is 5.32 Å². The molecule has 1 aromatic carbocycles. The molecule has 0 spiro atoms. The molecular formula is C13H20N2O4S. The fraction of sp³-hybridized carbons (Fsp3) is 0.538. The van der Waals surface area contributed by atoms with Crippen molar-refractivity contribution in [3.63, 3.8) is 0 Å². The van der Waals surface area contributed by atoms with E-state index in [1.165, 1.54) is 4.31 Å². The zero-order valence-electron chi connectivity index (χ0n) is 11.5. The van der Waals surface area contributed by atoms with Gasteiger partial charge in [-0.05, 0) is 31.3 Å². The van der Waals surface area contributed by atoms with E-state index in [4.69, 9.17) is 9.47 Å². The number of likely N-dealkylation sites (N-methyl/N-ethyl adjacent to an activating group) is 1. The largest absolute Gasteiger partial charge is 0.492 e. The second-order valence-corrected chi connectivity index (χ2v) is 6.38. The molecule has 112 valence electrons. The first-order valence-electron chi connectivity index (χ1n) is 6.60. The molecule has 7 heteroatoms. The van der Waals surface area contributed by atoms with Crippen LogP contribution in [0.3, 0.4) is 0 Å². The topological polar surface area (TPSA) is 67.9 Å². The van der Waals surface area contributed by atoms with Gasteiger partial charge in [-0.25, -0.2) is 8.42 Å². The van der Waals surface area contributed by atoms with E-state index < -0.39 is 10.0 Å². The minimum Gasteiger partial charge on any atom is -0.492 e. The summed E-state index contributed by atoms with van der Waals surface area (Å²) in [5.74, 6) is 0.668. The van der Waals surface area contributed by atoms with Gasteiger partial charge >= 0.3 is 0 Å². The normalized spacial score (nSPS) is 17.1. The molecule has 0 amide bonds. The molecule has 0 bridgehead atoms. The predicted molar refractivity (Wildman–Crippen MR) is 75.4 cm³/mol. The van der Waals surface area contributed by atoms with E-state index in [1.54, 1.807) is 24.3 Å². The van der Waals surface area contributed by atoms with Crippen LogP contribution in [0, 0.1) is 0 Å². The summed E-state index contributed by atoms with van der Waals surface area (Å²) in [6, 6.07) is 6.53. The molecule has 0 aliphatic carbocycles. The van der Waals surface area contributed by atoms with Crippen molar-refractivity contribution in [2.24, 2.45) is 0 Å². The van der Waals surface area contributed by atoms with Crippen LogP contribution in [0.25, 0.3) is 0 Å². The van der Waals surface area contributed by atoms with Crippen molar-refractivity contribution in [2.75, 3.05) is 46.5 Å². The van der Waals surface area contributed by atoms with Gasteiger partial charge in [0.15, 0.2) is 0 Å². The van der Waals surface area contributed by atoms with Gasteiger partial charge in [0.1, 0.15) is 12.4 Å². The van der Waals surface area contributed by atoms with Crippen LogP contribution < -0.4 is 10.1 Å². The Morgan fingerprint density at radius 1 is 1.25 bits per heavy atom. The van der Waals surface area contributed by atoms with Gasteiger partial charge in [-0.3, -0.25) is 0 Å². The number of sulfonamides is 1. The van der Waals surface area contributed by atoms with Gasteiger partial charge < -0.3 is 14.8 Å². The third-order valence-corrected chi connectivity index (χ3v) is 4.97. The minimum atomic E-state index is -3.42. The van der Waals surface area contributed by atoms with Crippen LogP contribution in [0.2, 0.25) is 0 Å². The predicted octanol–water partition coefficient (Wildman–Crippen LogP) is 0.306. The maximum absolute atomic E-state index is 12.4. The van der Waals surface area contributed by atoms with Gasteiger partial charge in [0, 0.05) is 19.6 Å². The van der Waals surface area contributed by atoms with Crippen LogP contribution in [0.5, 0.6) is 5.75 Å². The summed E-state index contributed by atoms with van der Waals surface area (Å²) in [5.41, 5.74) is 0. The zero-order valence-corrected chi connectivity index (χ0v) is 12.4. The Morgan fingerprint density at radius 2 is 1.90 bits per heavy atom. The van der Waals surface area contributed by atoms with E-state index in [0.717, 1.165) is 6.54 Å². The maximum Gasteiger partial charge on any atom is 0.243 e. The smallest absolute Gasteiger partial charge is 0.243 e. The standard InChI is InChI=1S/C13H20N2O4S/c1-14-6-9-19-12-2-4-13(5-3-12)20(16,17)15-7-10-18-11-8-15/h2-5,14H,6-11H2,1H3. The number of morpholine rings is 1. The van der Waals surface area contributed by atoms with Gasteiger partial charge in [0.05, 0.1) is 18.1 Å². The van der Waals surface area contributed by atoms with Gasteiger partial charge in [-0.2, -0.15) is 4.31 Å². The second-order valence-electron chi connectivity index (χ2n) is 4.44. The molecule has 1 fully saturated rings. The monoisotopic (exact) mass is 300 g/mol. The Bertz CT molecular complexity index is 510. The Labute approximate surface area is 119 Å². The summed E-state index contributed by atoms with van der Waals surface area (Å²) in [6.07, 6.45) is 0. The summed E-state index contributed by atoms with van der Waals surface area (Å²) < 4.78 is 36.8. The lowest BCUT2D eigenvalue weighted by Crippen LogP contribution is -2.40. The first kappa shape index (κ1) is 15.2. The summed E-state index contributed by atoms with van der Waals surface area (Å²) in [6.45, 7) is 3.00. The van der Waals surface area contributed by atoms with Gasteiger partial charge in [0.25, 0.3) is 0 Å². The van der Waals surface area contributed by atoms with Crippen molar-refractivity contribution in [3.05, 3.63) is 24.3 Å². The highest BCUT2D eigenvalue weighted by atomic mass is 32.2. The number of hydrogen-bond acceptors (Lipinski definition) is 5. The summed E-state index contributed by atoms with van der Waals surface area (Å²) in [4.78, 5) is 0.292. The van der Waals surface area contributed by atoms with Crippen molar-refractivity contribution in [3.8, 4) is 5.75 Å². The highest BCUT2D eigenvalue weighted by Crippen LogP contribution is 2.20. The molecule has 2 rings (SSSR count). The molecule has 0 atom stereocenters. The average Bonchev–Trinajstić information content (AvgIpc) is 2.49. The number of nitrogens with one attached hydrogen (secondary N) is 1. The average molecular weight is 300 g/mol. The number of ether oxygens (including phenoxy) is 2. The van der Waals surface area contributed by atoms with Gasteiger partial charge in [-0.1, -0.05) is 0 Å². The van der Waals surface area contributed by atoms with Crippen LogP contribution in [0.4, 0.5) is 0 Å². The first-order valence-corrected chi connectivity index (χ1v) is 8.04. The zero-order chi connectivity index (χ0) is 14.4. The highest BCUT2D eigenvalue weighted by Gasteiger charge is 2.26. The molecule has 0 saturated carbocycles. The molecule has 20 heavy (non-hydrogen) atoms. The van der Waals surface area contributed by atoms with Crippen LogP contribution in [-0.2, 0) is 14.8 Å². The first-order chi connectivity index (χ1) is 9.64. The van der Waals surface area contributed by atoms with Crippen LogP contribution in [0.15, 0.2) is 29.2 Å². The van der Waals surface area contributed by atoms with E-state index in [1.807, 2.05) is 7.05 Å². The van der Waals surface area contributed by atoms with Crippen molar-refractivity contribution in [2.45, 2.75) is 4.90 Å². The molecule has 1 saturated heterocycles. The Balaban J connectivity index is 2.04. The second kappa shape index (κ2) is 7.03. The molecule has 1 aliphatic heterocycles. The van der Waals surface area contributed by atoms with E-state index in [-0.39, 0.29) is 0 Å². The van der Waals surface area contributed by atoms with Crippen LogP contribution in [0.1, 0.15) is 0 Å². The summed E-state index contributed by atoms with van der Waals surface area (Å²) in [5, 5.41) is 2.98. The Hall–Kier alpha value is -1.15. The van der Waals surface area contributed by atoms with Crippen molar-refractivity contribution in [1.82, 2.24) is 9.62 Å². The number of nitrogens with zero attached hydrogens (tertiary/aromatic N) is 1. The van der Waals surface area contributed by atoms with E-state index in [9.17, 15) is 8.42 Å². The van der Waals surface area contributed by atoms with E-state index >= 15 is 0 Å². The highest BCUT2D eigenvalue weighted by molar-refractivity contribution is 7.89. The third-order valence-electron chi connectivity index (χ3n) is 3.05. The van der Waals surface area contributed by atoms with E-state index in [0.29, 0.717) is 43.6 Å². The van der Waals surface area contributed by atoms with Crippen molar-refractivity contribution in [1.29, 1.82) is 0 Å². The van der Waals surface area contributed by atoms with Gasteiger partial charge in [0.2, 0.25) is 10.0 Å². The number of rotatable bonds is 6. The Kier molecular flexibility index (Phi) is 5.36. The number of hydrogen-bond donors (Lipinski definition) is 1. The lowest BCUT2D eigenvalue weighted by atomic mass is 10.3. The fourth-order valence-electron chi connectivity index (χ4n) is 1.91.